The van der Waals surface area contributed by atoms with Crippen LogP contribution in [-0.4, -0.2) is 93.5 Å². The summed E-state index contributed by atoms with van der Waals surface area (Å²) >= 11 is 0. The third-order valence-electron chi connectivity index (χ3n) is 9.27. The minimum Gasteiger partial charge on any atom is -0.448 e. The van der Waals surface area contributed by atoms with Crippen molar-refractivity contribution in [1.82, 2.24) is 21.0 Å². The van der Waals surface area contributed by atoms with Crippen LogP contribution in [0.3, 0.4) is 0 Å². The number of unbranched alkanes of at least 4 members (excludes halogenated alkanes) is 1. The number of benzene rings is 2. The third kappa shape index (κ3) is 15.3. The lowest BCUT2D eigenvalue weighted by Crippen LogP contribution is -2.42. The van der Waals surface area contributed by atoms with Crippen molar-refractivity contribution in [2.24, 2.45) is 11.6 Å². The van der Waals surface area contributed by atoms with E-state index in [1.54, 1.807) is 19.1 Å². The molecule has 306 valence electrons. The van der Waals surface area contributed by atoms with Gasteiger partial charge in [0.2, 0.25) is 11.8 Å². The fraction of sp³-hybridized carbons (Fsp3) is 0.561. The molecule has 0 radical (unpaired) electrons. The Morgan fingerprint density at radius 2 is 1.62 bits per heavy atom. The number of amides is 3. The number of hydrogen-bond donors (Lipinski definition) is 5. The van der Waals surface area contributed by atoms with Crippen molar-refractivity contribution in [3.63, 3.8) is 0 Å². The molecule has 1 heterocycles. The van der Waals surface area contributed by atoms with E-state index in [4.69, 9.17) is 25.8 Å². The van der Waals surface area contributed by atoms with E-state index < -0.39 is 11.7 Å². The Hall–Kier alpha value is -4.50. The van der Waals surface area contributed by atoms with Gasteiger partial charge in [0, 0.05) is 44.2 Å². The highest BCUT2D eigenvalue weighted by Crippen LogP contribution is 2.37. The summed E-state index contributed by atoms with van der Waals surface area (Å²) in [6.07, 6.45) is 3.12. The minimum atomic E-state index is -0.602. The van der Waals surface area contributed by atoms with E-state index in [9.17, 15) is 19.2 Å². The Morgan fingerprint density at radius 1 is 0.945 bits per heavy atom. The molecule has 2 aromatic carbocycles. The number of ether oxygens (including phenoxy) is 3. The van der Waals surface area contributed by atoms with Gasteiger partial charge >= 0.3 is 6.09 Å². The molecule has 14 nitrogen and oxygen atoms in total. The van der Waals surface area contributed by atoms with E-state index in [1.807, 2.05) is 90.1 Å². The molecule has 1 atom stereocenters. The first-order valence-corrected chi connectivity index (χ1v) is 19.2. The van der Waals surface area contributed by atoms with Gasteiger partial charge in [-0.05, 0) is 72.1 Å². The molecule has 0 fully saturated rings. The second kappa shape index (κ2) is 23.4. The van der Waals surface area contributed by atoms with Gasteiger partial charge < -0.3 is 50.6 Å². The topological polar surface area (TPSA) is 191 Å². The van der Waals surface area contributed by atoms with Crippen molar-refractivity contribution in [2.75, 3.05) is 51.9 Å². The molecule has 0 saturated heterocycles. The average Bonchev–Trinajstić information content (AvgIpc) is 3.17. The Labute approximate surface area is 327 Å². The number of hydrogen-bond acceptors (Lipinski definition) is 11. The molecule has 3 rings (SSSR count). The van der Waals surface area contributed by atoms with Crippen LogP contribution in [-0.2, 0) is 35.1 Å². The van der Waals surface area contributed by atoms with E-state index in [-0.39, 0.29) is 56.0 Å². The molecule has 1 aliphatic heterocycles. The normalized spacial score (nSPS) is 14.5. The summed E-state index contributed by atoms with van der Waals surface area (Å²) < 4.78 is 16.9. The number of fused-ring (bicyclic) bond motifs is 2. The van der Waals surface area contributed by atoms with Crippen LogP contribution in [0.5, 0.6) is 0 Å². The first kappa shape index (κ1) is 46.7. The molecule has 3 amide bonds. The van der Waals surface area contributed by atoms with Gasteiger partial charge in [0.15, 0.2) is 0 Å². The summed E-state index contributed by atoms with van der Waals surface area (Å²) in [6.45, 7) is 13.3. The van der Waals surface area contributed by atoms with E-state index in [0.29, 0.717) is 67.2 Å². The van der Waals surface area contributed by atoms with Gasteiger partial charge in [-0.2, -0.15) is 0 Å². The molecular weight excluding hydrogens is 702 g/mol. The summed E-state index contributed by atoms with van der Waals surface area (Å²) in [5.74, 6) is 6.14. The SMILES string of the molecule is CC.CNC(C=O)CCCCNC(=O)OCCN(N)/C1=C(\N)c2ccccc2CN(C(=O)CCC(=O)NCC(C)(C)OCCC(C)(C)OC)c2ccccc21. The van der Waals surface area contributed by atoms with Gasteiger partial charge in [0.05, 0.1) is 54.0 Å². The predicted molar refractivity (Wildman–Crippen MR) is 217 cm³/mol. The number of aldehydes is 1. The Morgan fingerprint density at radius 3 is 2.29 bits per heavy atom. The maximum atomic E-state index is 13.9. The highest BCUT2D eigenvalue weighted by atomic mass is 16.5. The summed E-state index contributed by atoms with van der Waals surface area (Å²) in [5.41, 5.74) is 9.54. The molecule has 0 aliphatic carbocycles. The van der Waals surface area contributed by atoms with E-state index in [1.165, 1.54) is 5.01 Å². The molecular formula is C41H65N7O7. The maximum absolute atomic E-state index is 13.9. The van der Waals surface area contributed by atoms with Crippen LogP contribution in [0.2, 0.25) is 0 Å². The van der Waals surface area contributed by atoms with Crippen molar-refractivity contribution in [1.29, 1.82) is 0 Å². The lowest BCUT2D eigenvalue weighted by molar-refractivity contribution is -0.126. The van der Waals surface area contributed by atoms with Crippen LogP contribution in [0.15, 0.2) is 48.5 Å². The number of hydrazine groups is 1. The molecule has 14 heteroatoms. The first-order valence-electron chi connectivity index (χ1n) is 19.2. The van der Waals surface area contributed by atoms with Crippen molar-refractivity contribution in [3.05, 3.63) is 65.2 Å². The van der Waals surface area contributed by atoms with Gasteiger partial charge in [0.25, 0.3) is 0 Å². The van der Waals surface area contributed by atoms with E-state index in [2.05, 4.69) is 16.0 Å². The van der Waals surface area contributed by atoms with Gasteiger partial charge in [-0.3, -0.25) is 9.59 Å². The van der Waals surface area contributed by atoms with Crippen molar-refractivity contribution < 1.29 is 33.4 Å². The van der Waals surface area contributed by atoms with Crippen molar-refractivity contribution >= 4 is 41.3 Å². The first-order chi connectivity index (χ1) is 26.2. The van der Waals surface area contributed by atoms with Crippen LogP contribution in [0.4, 0.5) is 10.5 Å². The van der Waals surface area contributed by atoms with E-state index >= 15 is 0 Å². The highest BCUT2D eigenvalue weighted by Gasteiger charge is 2.29. The maximum Gasteiger partial charge on any atom is 0.407 e. The molecule has 0 saturated carbocycles. The summed E-state index contributed by atoms with van der Waals surface area (Å²) in [6, 6.07) is 14.7. The van der Waals surface area contributed by atoms with Gasteiger partial charge in [-0.15, -0.1) is 0 Å². The number of alkyl carbamates (subject to hydrolysis) is 1. The monoisotopic (exact) mass is 767 g/mol. The fourth-order valence-corrected chi connectivity index (χ4v) is 5.73. The standard InChI is InChI=1S/C39H59N7O7.C2H6/c1-38(2,51-6)20-23-53-39(3,4)27-44-33(48)18-19-34(49)45-25-28-13-7-8-15-30(28)35(40)36(31-16-9-10-17-32(31)45)46(41)22-24-52-37(50)43-21-12-11-14-29(26-47)42-5;1-2/h7-10,13,15-17,26,29,42H,11-12,14,18-25,27,40-41H2,1-6H3,(H,43,50)(H,44,48);1-2H3/b36-35-;. The molecule has 0 bridgehead atoms. The zero-order chi connectivity index (χ0) is 41.0. The number of methoxy groups -OCH3 is 1. The molecule has 7 N–H and O–H groups in total. The Bertz CT molecular complexity index is 1560. The number of anilines is 1. The zero-order valence-corrected chi connectivity index (χ0v) is 34.2. The number of rotatable bonds is 21. The number of carbonyl (C=O) groups is 4. The number of likely N-dealkylation sites (N-methyl/N-ethyl adjacent to an activating group) is 1. The van der Waals surface area contributed by atoms with Crippen molar-refractivity contribution in [3.8, 4) is 0 Å². The smallest absolute Gasteiger partial charge is 0.407 e. The zero-order valence-electron chi connectivity index (χ0n) is 34.2. The molecule has 55 heavy (non-hydrogen) atoms. The van der Waals surface area contributed by atoms with Crippen LogP contribution in [0, 0.1) is 0 Å². The quantitative estimate of drug-likeness (QED) is 0.0512. The number of carbonyl (C=O) groups excluding carboxylic acids is 4. The molecule has 1 aliphatic rings. The Balaban J connectivity index is 0.00000514. The van der Waals surface area contributed by atoms with Crippen LogP contribution in [0.25, 0.3) is 11.4 Å². The molecule has 1 unspecified atom stereocenters. The van der Waals surface area contributed by atoms with Crippen molar-refractivity contribution in [2.45, 2.75) is 104 Å². The van der Waals surface area contributed by atoms with Gasteiger partial charge in [0.1, 0.15) is 12.9 Å². The minimum absolute atomic E-state index is 0.00556. The van der Waals surface area contributed by atoms with Gasteiger partial charge in [-0.1, -0.05) is 56.3 Å². The van der Waals surface area contributed by atoms with Crippen LogP contribution in [0.1, 0.15) is 96.8 Å². The molecule has 0 spiro atoms. The van der Waals surface area contributed by atoms with E-state index in [0.717, 1.165) is 18.3 Å². The molecule has 2 aromatic rings. The van der Waals surface area contributed by atoms with Crippen LogP contribution >= 0.6 is 0 Å². The predicted octanol–water partition coefficient (Wildman–Crippen LogP) is 4.71. The van der Waals surface area contributed by atoms with Gasteiger partial charge in [-0.25, -0.2) is 10.6 Å². The lowest BCUT2D eigenvalue weighted by Gasteiger charge is -2.33. The summed E-state index contributed by atoms with van der Waals surface area (Å²) in [4.78, 5) is 51.8. The average molecular weight is 768 g/mol. The summed E-state index contributed by atoms with van der Waals surface area (Å²) in [7, 11) is 3.40. The second-order valence-corrected chi connectivity index (χ2v) is 14.3. The second-order valence-electron chi connectivity index (χ2n) is 14.3. The fourth-order valence-electron chi connectivity index (χ4n) is 5.73. The number of para-hydroxylation sites is 1. The number of nitrogens with zero attached hydrogens (tertiary/aromatic N) is 2. The number of nitrogens with one attached hydrogen (secondary N) is 3. The lowest BCUT2D eigenvalue weighted by atomic mass is 9.95. The number of nitrogens with two attached hydrogens (primary N) is 2. The third-order valence-corrected chi connectivity index (χ3v) is 9.27. The Kier molecular flexibility index (Phi) is 19.9. The highest BCUT2D eigenvalue weighted by molar-refractivity contribution is 6.02. The molecule has 0 aromatic heterocycles. The van der Waals surface area contributed by atoms with Crippen LogP contribution < -0.4 is 32.4 Å². The largest absolute Gasteiger partial charge is 0.448 e. The summed E-state index contributed by atoms with van der Waals surface area (Å²) in [5, 5.41) is 9.99.